The van der Waals surface area contributed by atoms with Crippen molar-refractivity contribution in [3.63, 3.8) is 0 Å². The molecule has 0 bridgehead atoms. The van der Waals surface area contributed by atoms with Crippen LogP contribution in [0.1, 0.15) is 30.9 Å². The first-order chi connectivity index (χ1) is 9.74. The summed E-state index contributed by atoms with van der Waals surface area (Å²) in [4.78, 5) is 0. The summed E-state index contributed by atoms with van der Waals surface area (Å²) in [6, 6.07) is 5.72. The minimum Gasteiger partial charge on any atom is -0.493 e. The average Bonchev–Trinajstić information content (AvgIpc) is 2.78. The van der Waals surface area contributed by atoms with E-state index in [-0.39, 0.29) is 0 Å². The van der Waals surface area contributed by atoms with Crippen molar-refractivity contribution in [1.82, 2.24) is 5.16 Å². The van der Waals surface area contributed by atoms with E-state index < -0.39 is 0 Å². The number of nitrogens with zero attached hydrogens (tertiary/aromatic N) is 1. The Labute approximate surface area is 117 Å². The third-order valence-electron chi connectivity index (χ3n) is 3.91. The summed E-state index contributed by atoms with van der Waals surface area (Å²) in [6.45, 7) is 0. The van der Waals surface area contributed by atoms with E-state index in [4.69, 9.17) is 19.7 Å². The van der Waals surface area contributed by atoms with Gasteiger partial charge in [0.05, 0.1) is 25.5 Å². The van der Waals surface area contributed by atoms with Crippen LogP contribution in [0.25, 0.3) is 11.1 Å². The SMILES string of the molecule is COc1ccc(-c2c(C3CCC3)noc2N)cc1OC. The second-order valence-corrected chi connectivity index (χ2v) is 5.00. The summed E-state index contributed by atoms with van der Waals surface area (Å²) in [7, 11) is 3.23. The number of benzene rings is 1. The largest absolute Gasteiger partial charge is 0.493 e. The van der Waals surface area contributed by atoms with Crippen molar-refractivity contribution < 1.29 is 14.0 Å². The summed E-state index contributed by atoms with van der Waals surface area (Å²) in [5, 5.41) is 4.14. The maximum absolute atomic E-state index is 5.95. The summed E-state index contributed by atoms with van der Waals surface area (Å²) >= 11 is 0. The molecule has 1 aromatic carbocycles. The minimum atomic E-state index is 0.360. The van der Waals surface area contributed by atoms with E-state index >= 15 is 0 Å². The van der Waals surface area contributed by atoms with Crippen LogP contribution in [-0.2, 0) is 0 Å². The number of methoxy groups -OCH3 is 2. The highest BCUT2D eigenvalue weighted by Gasteiger charge is 2.28. The van der Waals surface area contributed by atoms with Crippen molar-refractivity contribution >= 4 is 5.88 Å². The van der Waals surface area contributed by atoms with E-state index in [1.165, 1.54) is 6.42 Å². The number of aromatic nitrogens is 1. The fourth-order valence-electron chi connectivity index (χ4n) is 2.56. The van der Waals surface area contributed by atoms with Crippen molar-refractivity contribution in [1.29, 1.82) is 0 Å². The van der Waals surface area contributed by atoms with Crippen LogP contribution in [-0.4, -0.2) is 19.4 Å². The first-order valence-electron chi connectivity index (χ1n) is 6.72. The van der Waals surface area contributed by atoms with Gasteiger partial charge in [0.1, 0.15) is 0 Å². The van der Waals surface area contributed by atoms with Crippen LogP contribution in [0, 0.1) is 0 Å². The highest BCUT2D eigenvalue weighted by Crippen LogP contribution is 2.44. The van der Waals surface area contributed by atoms with Gasteiger partial charge in [-0.25, -0.2) is 0 Å². The van der Waals surface area contributed by atoms with Gasteiger partial charge < -0.3 is 19.7 Å². The molecule has 0 amide bonds. The predicted molar refractivity (Wildman–Crippen MR) is 76.0 cm³/mol. The van der Waals surface area contributed by atoms with Crippen LogP contribution < -0.4 is 15.2 Å². The Morgan fingerprint density at radius 1 is 1.20 bits per heavy atom. The molecule has 5 nitrogen and oxygen atoms in total. The van der Waals surface area contributed by atoms with Crippen molar-refractivity contribution in [2.24, 2.45) is 0 Å². The van der Waals surface area contributed by atoms with Gasteiger partial charge in [-0.05, 0) is 30.5 Å². The maximum atomic E-state index is 5.95. The first kappa shape index (κ1) is 12.8. The standard InChI is InChI=1S/C15H18N2O3/c1-18-11-7-6-10(8-12(11)19-2)13-14(9-4-3-5-9)17-20-15(13)16/h6-9H,3-5,16H2,1-2H3. The molecule has 0 spiro atoms. The van der Waals surface area contributed by atoms with Gasteiger partial charge in [0.2, 0.25) is 5.88 Å². The molecule has 1 aliphatic carbocycles. The molecule has 0 unspecified atom stereocenters. The normalized spacial score (nSPS) is 14.9. The van der Waals surface area contributed by atoms with Gasteiger partial charge in [0.15, 0.2) is 11.5 Å². The van der Waals surface area contributed by atoms with Gasteiger partial charge in [-0.2, -0.15) is 0 Å². The van der Waals surface area contributed by atoms with Crippen LogP contribution in [0.15, 0.2) is 22.7 Å². The van der Waals surface area contributed by atoms with Crippen molar-refractivity contribution in [2.75, 3.05) is 20.0 Å². The molecule has 1 heterocycles. The topological polar surface area (TPSA) is 70.5 Å². The first-order valence-corrected chi connectivity index (χ1v) is 6.72. The molecule has 0 radical (unpaired) electrons. The minimum absolute atomic E-state index is 0.360. The monoisotopic (exact) mass is 274 g/mol. The Bertz CT molecular complexity index is 618. The summed E-state index contributed by atoms with van der Waals surface area (Å²) in [5.74, 6) is 2.18. The fourth-order valence-corrected chi connectivity index (χ4v) is 2.56. The van der Waals surface area contributed by atoms with Gasteiger partial charge >= 0.3 is 0 Å². The number of hydrogen-bond acceptors (Lipinski definition) is 5. The molecule has 20 heavy (non-hydrogen) atoms. The Hall–Kier alpha value is -2.17. The van der Waals surface area contributed by atoms with Crippen molar-refractivity contribution in [3.05, 3.63) is 23.9 Å². The molecule has 0 atom stereocenters. The van der Waals surface area contributed by atoms with Crippen LogP contribution in [0.5, 0.6) is 11.5 Å². The lowest BCUT2D eigenvalue weighted by Crippen LogP contribution is -2.10. The average molecular weight is 274 g/mol. The number of anilines is 1. The number of ether oxygens (including phenoxy) is 2. The second-order valence-electron chi connectivity index (χ2n) is 5.00. The van der Waals surface area contributed by atoms with Crippen LogP contribution in [0.3, 0.4) is 0 Å². The maximum Gasteiger partial charge on any atom is 0.230 e. The highest BCUT2D eigenvalue weighted by atomic mass is 16.5. The van der Waals surface area contributed by atoms with Gasteiger partial charge in [0, 0.05) is 5.92 Å². The molecular weight excluding hydrogens is 256 g/mol. The Balaban J connectivity index is 2.06. The number of hydrogen-bond donors (Lipinski definition) is 1. The number of nitrogens with two attached hydrogens (primary N) is 1. The van der Waals surface area contributed by atoms with Gasteiger partial charge in [-0.1, -0.05) is 17.6 Å². The van der Waals surface area contributed by atoms with E-state index in [0.717, 1.165) is 29.7 Å². The predicted octanol–water partition coefficient (Wildman–Crippen LogP) is 3.21. The van der Waals surface area contributed by atoms with Crippen molar-refractivity contribution in [3.8, 4) is 22.6 Å². The third-order valence-corrected chi connectivity index (χ3v) is 3.91. The summed E-state index contributed by atoms with van der Waals surface area (Å²) < 4.78 is 15.8. The molecule has 1 saturated carbocycles. The van der Waals surface area contributed by atoms with Crippen LogP contribution in [0.4, 0.5) is 5.88 Å². The number of nitrogen functional groups attached to an aromatic ring is 1. The Morgan fingerprint density at radius 3 is 2.55 bits per heavy atom. The van der Waals surface area contributed by atoms with E-state index in [1.807, 2.05) is 18.2 Å². The van der Waals surface area contributed by atoms with Crippen molar-refractivity contribution in [2.45, 2.75) is 25.2 Å². The summed E-state index contributed by atoms with van der Waals surface area (Å²) in [6.07, 6.45) is 3.53. The summed E-state index contributed by atoms with van der Waals surface area (Å²) in [5.41, 5.74) is 8.74. The van der Waals surface area contributed by atoms with Crippen LogP contribution in [0.2, 0.25) is 0 Å². The second kappa shape index (κ2) is 5.07. The molecule has 1 aromatic heterocycles. The zero-order valence-corrected chi connectivity index (χ0v) is 11.7. The lowest BCUT2D eigenvalue weighted by Gasteiger charge is -2.24. The van der Waals surface area contributed by atoms with Gasteiger partial charge in [-0.15, -0.1) is 0 Å². The highest BCUT2D eigenvalue weighted by molar-refractivity contribution is 5.77. The van der Waals surface area contributed by atoms with Gasteiger partial charge in [0.25, 0.3) is 0 Å². The Kier molecular flexibility index (Phi) is 3.26. The third kappa shape index (κ3) is 1.99. The molecule has 2 N–H and O–H groups in total. The smallest absolute Gasteiger partial charge is 0.230 e. The molecule has 0 aliphatic heterocycles. The van der Waals surface area contributed by atoms with Crippen LogP contribution >= 0.6 is 0 Å². The molecule has 1 aliphatic rings. The van der Waals surface area contributed by atoms with E-state index in [1.54, 1.807) is 14.2 Å². The number of rotatable bonds is 4. The van der Waals surface area contributed by atoms with E-state index in [0.29, 0.717) is 23.3 Å². The molecular formula is C15H18N2O3. The molecule has 0 saturated heterocycles. The van der Waals surface area contributed by atoms with E-state index in [9.17, 15) is 0 Å². The Morgan fingerprint density at radius 2 is 1.95 bits per heavy atom. The van der Waals surface area contributed by atoms with E-state index in [2.05, 4.69) is 5.16 Å². The molecule has 1 fully saturated rings. The zero-order valence-electron chi connectivity index (χ0n) is 11.7. The molecule has 2 aromatic rings. The molecule has 106 valence electrons. The fraction of sp³-hybridized carbons (Fsp3) is 0.400. The lowest BCUT2D eigenvalue weighted by atomic mass is 9.80. The lowest BCUT2D eigenvalue weighted by molar-refractivity contribution is 0.355. The quantitative estimate of drug-likeness (QED) is 0.927. The molecule has 5 heteroatoms. The van der Waals surface area contributed by atoms with Gasteiger partial charge in [-0.3, -0.25) is 0 Å². The molecule has 3 rings (SSSR count). The zero-order chi connectivity index (χ0) is 14.1.